The highest BCUT2D eigenvalue weighted by Gasteiger charge is 2.51. The number of aromatic nitrogens is 2. The van der Waals surface area contributed by atoms with E-state index in [2.05, 4.69) is 69.8 Å². The van der Waals surface area contributed by atoms with Gasteiger partial charge in [-0.05, 0) is 87.1 Å². The molecule has 1 aromatic heterocycles. The standard InChI is InChI=1S/C29H31N3O2/c1-3-13-28(34)14-15-29(18-21-7-5-4-6-8-21)24(19-28)11-9-22-17-23(10-12-25(22)29)27(33)30-26-16-20(2)31-32-26/h4-8,10,12,16-17,24,34H,9,11,14-15,18-19H2,1-2H3,(H2,30,31,32,33)/t24-,28-,29+/m1/s1. The summed E-state index contributed by atoms with van der Waals surface area (Å²) in [4.78, 5) is 12.9. The number of aromatic amines is 1. The molecule has 5 heteroatoms. The molecule has 0 saturated heterocycles. The first-order chi connectivity index (χ1) is 16.4. The van der Waals surface area contributed by atoms with Crippen molar-refractivity contribution in [1.29, 1.82) is 0 Å². The van der Waals surface area contributed by atoms with Gasteiger partial charge >= 0.3 is 0 Å². The summed E-state index contributed by atoms with van der Waals surface area (Å²) in [6.45, 7) is 3.71. The molecule has 0 radical (unpaired) electrons. The molecule has 0 unspecified atom stereocenters. The van der Waals surface area contributed by atoms with Crippen LogP contribution in [0.5, 0.6) is 0 Å². The Morgan fingerprint density at radius 1 is 1.21 bits per heavy atom. The van der Waals surface area contributed by atoms with Gasteiger partial charge in [0.15, 0.2) is 5.82 Å². The van der Waals surface area contributed by atoms with Crippen molar-refractivity contribution < 1.29 is 9.90 Å². The zero-order valence-electron chi connectivity index (χ0n) is 19.8. The molecule has 3 N–H and O–H groups in total. The second-order valence-electron chi connectivity index (χ2n) is 9.93. The fourth-order valence-corrected chi connectivity index (χ4v) is 6.13. The molecular formula is C29H31N3O2. The minimum atomic E-state index is -0.904. The highest BCUT2D eigenvalue weighted by Crippen LogP contribution is 2.54. The maximum Gasteiger partial charge on any atom is 0.256 e. The van der Waals surface area contributed by atoms with Gasteiger partial charge < -0.3 is 10.4 Å². The molecule has 0 bridgehead atoms. The zero-order valence-corrected chi connectivity index (χ0v) is 19.8. The van der Waals surface area contributed by atoms with Crippen molar-refractivity contribution in [3.8, 4) is 11.8 Å². The monoisotopic (exact) mass is 453 g/mol. The normalized spacial score (nSPS) is 25.4. The second kappa shape index (κ2) is 8.77. The summed E-state index contributed by atoms with van der Waals surface area (Å²) >= 11 is 0. The summed E-state index contributed by atoms with van der Waals surface area (Å²) in [7, 11) is 0. The van der Waals surface area contributed by atoms with E-state index in [1.54, 1.807) is 6.92 Å². The molecule has 0 spiro atoms. The molecule has 1 heterocycles. The SMILES string of the molecule is CC#C[C@@]1(O)CC[C@@]2(Cc3ccccc3)c3ccc(C(=O)Nc4cc(C)[nH]n4)cc3CC[C@@H]2C1. The van der Waals surface area contributed by atoms with E-state index in [0.29, 0.717) is 30.1 Å². The number of amides is 1. The highest BCUT2D eigenvalue weighted by molar-refractivity contribution is 6.04. The lowest BCUT2D eigenvalue weighted by Crippen LogP contribution is -2.50. The van der Waals surface area contributed by atoms with E-state index >= 15 is 0 Å². The lowest BCUT2D eigenvalue weighted by Gasteiger charge is -2.52. The zero-order chi connectivity index (χ0) is 23.8. The Kier molecular flexibility index (Phi) is 5.79. The van der Waals surface area contributed by atoms with Crippen LogP contribution < -0.4 is 5.32 Å². The number of carbonyl (C=O) groups excluding carboxylic acids is 1. The molecule has 1 amide bonds. The van der Waals surface area contributed by atoms with Gasteiger partial charge in [-0.25, -0.2) is 0 Å². The smallest absolute Gasteiger partial charge is 0.256 e. The van der Waals surface area contributed by atoms with Crippen molar-refractivity contribution in [2.75, 3.05) is 5.32 Å². The number of carbonyl (C=O) groups is 1. The van der Waals surface area contributed by atoms with Crippen LogP contribution in [-0.4, -0.2) is 26.8 Å². The van der Waals surface area contributed by atoms with Crippen molar-refractivity contribution in [3.63, 3.8) is 0 Å². The molecule has 2 aromatic carbocycles. The maximum absolute atomic E-state index is 12.9. The first kappa shape index (κ1) is 22.4. The summed E-state index contributed by atoms with van der Waals surface area (Å²) in [5.74, 6) is 6.76. The Bertz CT molecular complexity index is 1270. The van der Waals surface area contributed by atoms with Crippen molar-refractivity contribution in [2.45, 2.75) is 63.4 Å². The molecular weight excluding hydrogens is 422 g/mol. The first-order valence-electron chi connectivity index (χ1n) is 12.1. The Hall–Kier alpha value is -3.36. The Labute approximate surface area is 201 Å². The van der Waals surface area contributed by atoms with Gasteiger partial charge in [-0.1, -0.05) is 42.3 Å². The van der Waals surface area contributed by atoms with Gasteiger partial charge in [-0.2, -0.15) is 5.10 Å². The van der Waals surface area contributed by atoms with E-state index in [1.807, 2.05) is 19.1 Å². The summed E-state index contributed by atoms with van der Waals surface area (Å²) < 4.78 is 0. The number of rotatable bonds is 4. The van der Waals surface area contributed by atoms with Crippen LogP contribution in [0.4, 0.5) is 5.82 Å². The van der Waals surface area contributed by atoms with Crippen LogP contribution in [0.3, 0.4) is 0 Å². The number of aliphatic hydroxyl groups is 1. The van der Waals surface area contributed by atoms with Gasteiger partial charge in [-0.3, -0.25) is 9.89 Å². The van der Waals surface area contributed by atoms with Crippen molar-refractivity contribution in [2.24, 2.45) is 5.92 Å². The summed E-state index contributed by atoms with van der Waals surface area (Å²) in [6.07, 6.45) is 5.05. The molecule has 3 aromatic rings. The van der Waals surface area contributed by atoms with Gasteiger partial charge in [0.05, 0.1) is 0 Å². The molecule has 1 saturated carbocycles. The van der Waals surface area contributed by atoms with Crippen LogP contribution in [0.2, 0.25) is 0 Å². The molecule has 2 aliphatic carbocycles. The Morgan fingerprint density at radius 3 is 2.76 bits per heavy atom. The number of H-pyrrole nitrogens is 1. The predicted octanol–water partition coefficient (Wildman–Crippen LogP) is 4.95. The van der Waals surface area contributed by atoms with Gasteiger partial charge in [0.1, 0.15) is 5.60 Å². The summed E-state index contributed by atoms with van der Waals surface area (Å²) in [5, 5.41) is 21.0. The second-order valence-corrected chi connectivity index (χ2v) is 9.93. The number of hydrogen-bond acceptors (Lipinski definition) is 3. The van der Waals surface area contributed by atoms with Gasteiger partial charge in [-0.15, -0.1) is 5.92 Å². The number of fused-ring (bicyclic) bond motifs is 3. The van der Waals surface area contributed by atoms with E-state index in [0.717, 1.165) is 31.4 Å². The summed E-state index contributed by atoms with van der Waals surface area (Å²) in [6, 6.07) is 18.6. The fourth-order valence-electron chi connectivity index (χ4n) is 6.13. The molecule has 3 atom stereocenters. The molecule has 5 rings (SSSR count). The minimum absolute atomic E-state index is 0.0646. The third-order valence-corrected chi connectivity index (χ3v) is 7.68. The van der Waals surface area contributed by atoms with E-state index in [-0.39, 0.29) is 11.3 Å². The third kappa shape index (κ3) is 4.15. The van der Waals surface area contributed by atoms with Crippen LogP contribution in [0.15, 0.2) is 54.6 Å². The average molecular weight is 454 g/mol. The van der Waals surface area contributed by atoms with Crippen molar-refractivity contribution >= 4 is 11.7 Å². The average Bonchev–Trinajstić information content (AvgIpc) is 3.24. The molecule has 2 aliphatic rings. The van der Waals surface area contributed by atoms with Crippen LogP contribution >= 0.6 is 0 Å². The van der Waals surface area contributed by atoms with Crippen LogP contribution in [0.25, 0.3) is 0 Å². The van der Waals surface area contributed by atoms with Crippen LogP contribution in [0, 0.1) is 24.7 Å². The molecule has 1 fully saturated rings. The Morgan fingerprint density at radius 2 is 2.03 bits per heavy atom. The van der Waals surface area contributed by atoms with Crippen molar-refractivity contribution in [1.82, 2.24) is 10.2 Å². The number of nitrogens with zero attached hydrogens (tertiary/aromatic N) is 1. The number of benzene rings is 2. The Balaban J connectivity index is 1.50. The number of aryl methyl sites for hydroxylation is 2. The number of hydrogen-bond donors (Lipinski definition) is 3. The van der Waals surface area contributed by atoms with Gasteiger partial charge in [0.25, 0.3) is 5.91 Å². The quantitative estimate of drug-likeness (QED) is 0.489. The number of anilines is 1. The van der Waals surface area contributed by atoms with Crippen molar-refractivity contribution in [3.05, 3.63) is 82.5 Å². The largest absolute Gasteiger partial charge is 0.378 e. The maximum atomic E-state index is 12.9. The highest BCUT2D eigenvalue weighted by atomic mass is 16.3. The van der Waals surface area contributed by atoms with Crippen LogP contribution in [0.1, 0.15) is 65.3 Å². The van der Waals surface area contributed by atoms with Crippen LogP contribution in [-0.2, 0) is 18.3 Å². The molecule has 0 aliphatic heterocycles. The topological polar surface area (TPSA) is 78.0 Å². The van der Waals surface area contributed by atoms with E-state index in [1.165, 1.54) is 16.7 Å². The van der Waals surface area contributed by atoms with Gasteiger partial charge in [0, 0.05) is 22.7 Å². The van der Waals surface area contributed by atoms with Gasteiger partial charge in [0.2, 0.25) is 0 Å². The minimum Gasteiger partial charge on any atom is -0.378 e. The van der Waals surface area contributed by atoms with E-state index in [4.69, 9.17) is 0 Å². The van der Waals surface area contributed by atoms with E-state index < -0.39 is 5.60 Å². The molecule has 174 valence electrons. The number of nitrogens with one attached hydrogen (secondary N) is 2. The van der Waals surface area contributed by atoms with E-state index in [9.17, 15) is 9.90 Å². The lowest BCUT2D eigenvalue weighted by atomic mass is 9.52. The lowest BCUT2D eigenvalue weighted by molar-refractivity contribution is -0.00801. The fraction of sp³-hybridized carbons (Fsp3) is 0.379. The molecule has 5 nitrogen and oxygen atoms in total. The first-order valence-corrected chi connectivity index (χ1v) is 12.1. The predicted molar refractivity (Wildman–Crippen MR) is 134 cm³/mol. The third-order valence-electron chi connectivity index (χ3n) is 7.68. The molecule has 34 heavy (non-hydrogen) atoms. The summed E-state index contributed by atoms with van der Waals surface area (Å²) in [5.41, 5.74) is 4.46.